The van der Waals surface area contributed by atoms with Gasteiger partial charge in [-0.15, -0.1) is 0 Å². The Kier molecular flexibility index (Phi) is 12.4. The molecule has 0 saturated heterocycles. The van der Waals surface area contributed by atoms with Gasteiger partial charge in [-0.05, 0) is 24.8 Å². The molecule has 0 bridgehead atoms. The van der Waals surface area contributed by atoms with Crippen molar-refractivity contribution in [3.63, 3.8) is 0 Å². The number of rotatable bonds is 18. The molecule has 0 aliphatic rings. The van der Waals surface area contributed by atoms with Crippen LogP contribution in [0.5, 0.6) is 0 Å². The highest BCUT2D eigenvalue weighted by atomic mass is 15.2. The van der Waals surface area contributed by atoms with Crippen LogP contribution in [-0.2, 0) is 0 Å². The SMILES string of the molecule is CCCCCCC(CCCCCC)(CCCCCC)Nc1ncc(-c2ccccc2)[nH]1. The third-order valence-electron chi connectivity index (χ3n) is 6.57. The van der Waals surface area contributed by atoms with E-state index in [0.717, 1.165) is 11.6 Å². The van der Waals surface area contributed by atoms with Crippen LogP contribution < -0.4 is 5.32 Å². The summed E-state index contributed by atoms with van der Waals surface area (Å²) in [6.45, 7) is 6.90. The maximum Gasteiger partial charge on any atom is 0.201 e. The Morgan fingerprint density at radius 2 is 1.23 bits per heavy atom. The largest absolute Gasteiger partial charge is 0.350 e. The summed E-state index contributed by atoms with van der Waals surface area (Å²) in [5.74, 6) is 0.945. The zero-order valence-corrected chi connectivity index (χ0v) is 20.5. The number of aromatic nitrogens is 2. The van der Waals surface area contributed by atoms with Gasteiger partial charge in [-0.3, -0.25) is 0 Å². The van der Waals surface area contributed by atoms with Crippen LogP contribution in [0.3, 0.4) is 0 Å². The summed E-state index contributed by atoms with van der Waals surface area (Å²) in [4.78, 5) is 8.31. The topological polar surface area (TPSA) is 40.7 Å². The molecule has 0 radical (unpaired) electrons. The Balaban J connectivity index is 2.13. The molecule has 31 heavy (non-hydrogen) atoms. The maximum atomic E-state index is 4.74. The molecule has 1 aromatic carbocycles. The quantitative estimate of drug-likeness (QED) is 0.234. The fraction of sp³-hybridized carbons (Fsp3) is 0.679. The summed E-state index contributed by atoms with van der Waals surface area (Å²) in [5, 5.41) is 3.95. The first-order valence-corrected chi connectivity index (χ1v) is 13.1. The number of benzene rings is 1. The molecule has 2 aromatic rings. The standard InChI is InChI=1S/C28H47N3/c1-4-7-10-16-21-28(22-17-11-8-5-2,23-18-12-9-6-3)31-27-29-24-26(30-27)25-19-14-13-15-20-25/h13-15,19-20,24H,4-12,16-18,21-23H2,1-3H3,(H2,29,30,31). The molecule has 3 heteroatoms. The minimum atomic E-state index is 0.168. The van der Waals surface area contributed by atoms with Crippen LogP contribution in [0.1, 0.15) is 117 Å². The Hall–Kier alpha value is -1.77. The lowest BCUT2D eigenvalue weighted by Gasteiger charge is -2.36. The molecule has 1 heterocycles. The maximum absolute atomic E-state index is 4.74. The number of nitrogens with one attached hydrogen (secondary N) is 2. The summed E-state index contributed by atoms with van der Waals surface area (Å²) in [6.07, 6.45) is 21.7. The van der Waals surface area contributed by atoms with Gasteiger partial charge in [-0.2, -0.15) is 0 Å². The van der Waals surface area contributed by atoms with Crippen LogP contribution in [0.4, 0.5) is 5.95 Å². The molecular formula is C28H47N3. The van der Waals surface area contributed by atoms with E-state index in [0.29, 0.717) is 0 Å². The average Bonchev–Trinajstić information content (AvgIpc) is 3.26. The molecular weight excluding hydrogens is 378 g/mol. The van der Waals surface area contributed by atoms with E-state index in [4.69, 9.17) is 4.98 Å². The minimum absolute atomic E-state index is 0.168. The summed E-state index contributed by atoms with van der Waals surface area (Å²) in [6, 6.07) is 10.5. The fourth-order valence-electron chi connectivity index (χ4n) is 4.63. The van der Waals surface area contributed by atoms with E-state index in [-0.39, 0.29) is 5.54 Å². The minimum Gasteiger partial charge on any atom is -0.350 e. The lowest BCUT2D eigenvalue weighted by Crippen LogP contribution is -2.39. The monoisotopic (exact) mass is 425 g/mol. The predicted octanol–water partition coefficient (Wildman–Crippen LogP) is 9.14. The van der Waals surface area contributed by atoms with Crippen molar-refractivity contribution in [1.82, 2.24) is 9.97 Å². The van der Waals surface area contributed by atoms with Crippen molar-refractivity contribution in [2.75, 3.05) is 5.32 Å². The number of nitrogens with zero attached hydrogens (tertiary/aromatic N) is 1. The molecule has 0 unspecified atom stereocenters. The van der Waals surface area contributed by atoms with Gasteiger partial charge in [0.1, 0.15) is 0 Å². The number of aromatic amines is 1. The van der Waals surface area contributed by atoms with Gasteiger partial charge in [0.05, 0.1) is 11.9 Å². The van der Waals surface area contributed by atoms with E-state index >= 15 is 0 Å². The number of hydrogen-bond acceptors (Lipinski definition) is 2. The molecule has 0 aliphatic carbocycles. The number of imidazole rings is 1. The van der Waals surface area contributed by atoms with Crippen molar-refractivity contribution in [1.29, 1.82) is 0 Å². The summed E-state index contributed by atoms with van der Waals surface area (Å²) < 4.78 is 0. The van der Waals surface area contributed by atoms with Crippen LogP contribution >= 0.6 is 0 Å². The van der Waals surface area contributed by atoms with Gasteiger partial charge in [0.2, 0.25) is 5.95 Å². The van der Waals surface area contributed by atoms with Gasteiger partial charge < -0.3 is 10.3 Å². The molecule has 2 rings (SSSR count). The second kappa shape index (κ2) is 15.1. The number of unbranched alkanes of at least 4 members (excludes halogenated alkanes) is 9. The van der Waals surface area contributed by atoms with Crippen molar-refractivity contribution in [3.05, 3.63) is 36.5 Å². The van der Waals surface area contributed by atoms with Gasteiger partial charge in [0.15, 0.2) is 0 Å². The van der Waals surface area contributed by atoms with Crippen LogP contribution in [-0.4, -0.2) is 15.5 Å². The highest BCUT2D eigenvalue weighted by Gasteiger charge is 2.29. The van der Waals surface area contributed by atoms with Gasteiger partial charge >= 0.3 is 0 Å². The molecule has 1 aromatic heterocycles. The van der Waals surface area contributed by atoms with Gasteiger partial charge in [0.25, 0.3) is 0 Å². The fourth-order valence-corrected chi connectivity index (χ4v) is 4.63. The van der Waals surface area contributed by atoms with E-state index < -0.39 is 0 Å². The normalized spacial score (nSPS) is 11.7. The Labute approximate surface area is 191 Å². The van der Waals surface area contributed by atoms with E-state index in [1.807, 2.05) is 6.20 Å². The van der Waals surface area contributed by atoms with E-state index in [1.165, 1.54) is 102 Å². The molecule has 0 saturated carbocycles. The van der Waals surface area contributed by atoms with Crippen LogP contribution in [0.2, 0.25) is 0 Å². The molecule has 0 amide bonds. The number of H-pyrrole nitrogens is 1. The molecule has 0 fully saturated rings. The first kappa shape index (κ1) is 25.5. The van der Waals surface area contributed by atoms with Crippen molar-refractivity contribution in [3.8, 4) is 11.3 Å². The zero-order chi connectivity index (χ0) is 22.2. The van der Waals surface area contributed by atoms with E-state index in [2.05, 4.69) is 61.4 Å². The molecule has 0 atom stereocenters. The number of hydrogen-bond donors (Lipinski definition) is 2. The second-order valence-corrected chi connectivity index (χ2v) is 9.35. The van der Waals surface area contributed by atoms with Crippen LogP contribution in [0, 0.1) is 0 Å². The lowest BCUT2D eigenvalue weighted by molar-refractivity contribution is 0.330. The van der Waals surface area contributed by atoms with Crippen molar-refractivity contribution < 1.29 is 0 Å². The van der Waals surface area contributed by atoms with Gasteiger partial charge in [-0.1, -0.05) is 128 Å². The van der Waals surface area contributed by atoms with Gasteiger partial charge in [-0.25, -0.2) is 4.98 Å². The smallest absolute Gasteiger partial charge is 0.201 e. The third-order valence-corrected chi connectivity index (χ3v) is 6.57. The van der Waals surface area contributed by atoms with Crippen molar-refractivity contribution in [2.24, 2.45) is 0 Å². The molecule has 174 valence electrons. The molecule has 0 spiro atoms. The summed E-state index contributed by atoms with van der Waals surface area (Å²) in [5.41, 5.74) is 2.46. The van der Waals surface area contributed by atoms with Crippen molar-refractivity contribution in [2.45, 2.75) is 123 Å². The van der Waals surface area contributed by atoms with Crippen molar-refractivity contribution >= 4 is 5.95 Å². The third kappa shape index (κ3) is 9.49. The lowest BCUT2D eigenvalue weighted by atomic mass is 9.81. The molecule has 0 aliphatic heterocycles. The highest BCUT2D eigenvalue weighted by molar-refractivity contribution is 5.60. The first-order chi connectivity index (χ1) is 15.2. The Bertz CT molecular complexity index is 645. The Morgan fingerprint density at radius 3 is 1.71 bits per heavy atom. The number of anilines is 1. The average molecular weight is 426 g/mol. The van der Waals surface area contributed by atoms with E-state index in [1.54, 1.807) is 0 Å². The highest BCUT2D eigenvalue weighted by Crippen LogP contribution is 2.33. The first-order valence-electron chi connectivity index (χ1n) is 13.1. The predicted molar refractivity (Wildman–Crippen MR) is 137 cm³/mol. The van der Waals surface area contributed by atoms with Crippen LogP contribution in [0.15, 0.2) is 36.5 Å². The zero-order valence-electron chi connectivity index (χ0n) is 20.5. The van der Waals surface area contributed by atoms with E-state index in [9.17, 15) is 0 Å². The molecule has 3 nitrogen and oxygen atoms in total. The van der Waals surface area contributed by atoms with Crippen LogP contribution in [0.25, 0.3) is 11.3 Å². The summed E-state index contributed by atoms with van der Waals surface area (Å²) in [7, 11) is 0. The Morgan fingerprint density at radius 1 is 0.710 bits per heavy atom. The van der Waals surface area contributed by atoms with Gasteiger partial charge in [0, 0.05) is 5.54 Å². The summed E-state index contributed by atoms with van der Waals surface area (Å²) >= 11 is 0. The molecule has 2 N–H and O–H groups in total. The second-order valence-electron chi connectivity index (χ2n) is 9.35.